The van der Waals surface area contributed by atoms with Crippen LogP contribution in [0.2, 0.25) is 0 Å². The maximum absolute atomic E-state index is 14.1. The summed E-state index contributed by atoms with van der Waals surface area (Å²) in [6.07, 6.45) is 1.35. The summed E-state index contributed by atoms with van der Waals surface area (Å²) in [5, 5.41) is 6.53. The zero-order chi connectivity index (χ0) is 19.7. The van der Waals surface area contributed by atoms with Crippen LogP contribution >= 0.6 is 0 Å². The highest BCUT2D eigenvalue weighted by Gasteiger charge is 2.21. The van der Waals surface area contributed by atoms with Gasteiger partial charge in [-0.2, -0.15) is 5.10 Å². The Labute approximate surface area is 151 Å². The van der Waals surface area contributed by atoms with Gasteiger partial charge in [-0.25, -0.2) is 13.2 Å². The van der Waals surface area contributed by atoms with E-state index >= 15 is 0 Å². The summed E-state index contributed by atoms with van der Waals surface area (Å²) in [6, 6.07) is 6.23. The number of aromatic nitrogens is 2. The number of nitrogens with one attached hydrogen (secondary N) is 1. The van der Waals surface area contributed by atoms with Crippen molar-refractivity contribution in [1.29, 1.82) is 0 Å². The summed E-state index contributed by atoms with van der Waals surface area (Å²) in [5.41, 5.74) is 4.77. The minimum Gasteiger partial charge on any atom is -0.366 e. The van der Waals surface area contributed by atoms with Crippen molar-refractivity contribution in [2.24, 2.45) is 12.8 Å². The van der Waals surface area contributed by atoms with E-state index in [2.05, 4.69) is 10.4 Å². The SMILES string of the molecule is Cn1cc(C(=O)Nc2ccc(F)c(C(N)=O)c2)c(-c2ccc(F)cc2F)n1. The lowest BCUT2D eigenvalue weighted by Gasteiger charge is -2.08. The smallest absolute Gasteiger partial charge is 0.259 e. The highest BCUT2D eigenvalue weighted by molar-refractivity contribution is 6.08. The first-order valence-corrected chi connectivity index (χ1v) is 7.66. The van der Waals surface area contributed by atoms with E-state index in [1.807, 2.05) is 0 Å². The molecule has 138 valence electrons. The van der Waals surface area contributed by atoms with Gasteiger partial charge in [-0.1, -0.05) is 0 Å². The molecule has 0 aliphatic carbocycles. The molecule has 0 unspecified atom stereocenters. The van der Waals surface area contributed by atoms with Gasteiger partial charge in [0.15, 0.2) is 0 Å². The van der Waals surface area contributed by atoms with Crippen LogP contribution in [-0.4, -0.2) is 21.6 Å². The molecule has 0 aliphatic heterocycles. The fourth-order valence-electron chi connectivity index (χ4n) is 2.53. The summed E-state index contributed by atoms with van der Waals surface area (Å²) in [4.78, 5) is 23.8. The van der Waals surface area contributed by atoms with Crippen LogP contribution in [0.15, 0.2) is 42.6 Å². The Balaban J connectivity index is 1.97. The molecule has 3 N–H and O–H groups in total. The number of hydrogen-bond acceptors (Lipinski definition) is 3. The Hall–Kier alpha value is -3.62. The Morgan fingerprint density at radius 3 is 2.44 bits per heavy atom. The van der Waals surface area contributed by atoms with Crippen LogP contribution in [0.25, 0.3) is 11.3 Å². The maximum atomic E-state index is 14.1. The molecule has 0 atom stereocenters. The molecule has 3 rings (SSSR count). The van der Waals surface area contributed by atoms with Crippen molar-refractivity contribution in [2.45, 2.75) is 0 Å². The number of carbonyl (C=O) groups is 2. The third kappa shape index (κ3) is 3.66. The lowest BCUT2D eigenvalue weighted by Crippen LogP contribution is -2.16. The van der Waals surface area contributed by atoms with E-state index in [1.54, 1.807) is 0 Å². The number of halogens is 3. The molecule has 1 aromatic heterocycles. The normalized spacial score (nSPS) is 10.7. The zero-order valence-electron chi connectivity index (χ0n) is 14.0. The second kappa shape index (κ2) is 6.94. The van der Waals surface area contributed by atoms with Crippen molar-refractivity contribution in [3.8, 4) is 11.3 Å². The van der Waals surface area contributed by atoms with Gasteiger partial charge < -0.3 is 11.1 Å². The molecule has 9 heteroatoms. The van der Waals surface area contributed by atoms with Gasteiger partial charge in [0.05, 0.1) is 11.1 Å². The van der Waals surface area contributed by atoms with E-state index in [4.69, 9.17) is 5.73 Å². The highest BCUT2D eigenvalue weighted by Crippen LogP contribution is 2.26. The molecule has 27 heavy (non-hydrogen) atoms. The van der Waals surface area contributed by atoms with Gasteiger partial charge in [0, 0.05) is 30.6 Å². The lowest BCUT2D eigenvalue weighted by atomic mass is 10.1. The maximum Gasteiger partial charge on any atom is 0.259 e. The summed E-state index contributed by atoms with van der Waals surface area (Å²) in [7, 11) is 1.53. The van der Waals surface area contributed by atoms with Gasteiger partial charge in [0.1, 0.15) is 23.1 Å². The predicted molar refractivity (Wildman–Crippen MR) is 91.4 cm³/mol. The van der Waals surface area contributed by atoms with Crippen molar-refractivity contribution in [3.63, 3.8) is 0 Å². The number of amides is 2. The minimum absolute atomic E-state index is 0.00439. The summed E-state index contributed by atoms with van der Waals surface area (Å²) < 4.78 is 42.1. The van der Waals surface area contributed by atoms with Crippen LogP contribution in [-0.2, 0) is 7.05 Å². The number of nitrogens with two attached hydrogens (primary N) is 1. The number of benzene rings is 2. The number of aryl methyl sites for hydroxylation is 1. The Morgan fingerprint density at radius 2 is 1.78 bits per heavy atom. The first-order chi connectivity index (χ1) is 12.8. The molecule has 0 radical (unpaired) electrons. The van der Waals surface area contributed by atoms with Gasteiger partial charge >= 0.3 is 0 Å². The minimum atomic E-state index is -0.987. The van der Waals surface area contributed by atoms with Gasteiger partial charge in [-0.3, -0.25) is 14.3 Å². The van der Waals surface area contributed by atoms with Crippen LogP contribution in [0, 0.1) is 17.5 Å². The average Bonchev–Trinajstić information content (AvgIpc) is 2.98. The highest BCUT2D eigenvalue weighted by atomic mass is 19.1. The molecule has 2 amide bonds. The van der Waals surface area contributed by atoms with Crippen molar-refractivity contribution in [2.75, 3.05) is 5.32 Å². The molecule has 0 aliphatic rings. The second-order valence-electron chi connectivity index (χ2n) is 5.70. The average molecular weight is 374 g/mol. The monoisotopic (exact) mass is 374 g/mol. The molecule has 0 saturated heterocycles. The molecule has 0 fully saturated rings. The molecule has 0 bridgehead atoms. The van der Waals surface area contributed by atoms with Crippen LogP contribution in [0.3, 0.4) is 0 Å². The largest absolute Gasteiger partial charge is 0.366 e. The molecular weight excluding hydrogens is 361 g/mol. The number of nitrogens with zero attached hydrogens (tertiary/aromatic N) is 2. The Bertz CT molecular complexity index is 1060. The topological polar surface area (TPSA) is 90.0 Å². The summed E-state index contributed by atoms with van der Waals surface area (Å²) in [5.74, 6) is -4.12. The van der Waals surface area contributed by atoms with E-state index < -0.39 is 29.3 Å². The fraction of sp³-hybridized carbons (Fsp3) is 0.0556. The molecule has 0 saturated carbocycles. The molecule has 1 heterocycles. The second-order valence-corrected chi connectivity index (χ2v) is 5.70. The predicted octanol–water partition coefficient (Wildman–Crippen LogP) is 2.86. The Morgan fingerprint density at radius 1 is 1.04 bits per heavy atom. The summed E-state index contributed by atoms with van der Waals surface area (Å²) >= 11 is 0. The Kier molecular flexibility index (Phi) is 4.68. The fourth-order valence-corrected chi connectivity index (χ4v) is 2.53. The van der Waals surface area contributed by atoms with Crippen LogP contribution in [0.1, 0.15) is 20.7 Å². The lowest BCUT2D eigenvalue weighted by molar-refractivity contribution is 0.0992. The van der Waals surface area contributed by atoms with Crippen molar-refractivity contribution < 1.29 is 22.8 Å². The van der Waals surface area contributed by atoms with E-state index in [-0.39, 0.29) is 28.1 Å². The number of hydrogen-bond donors (Lipinski definition) is 2. The number of primary amides is 1. The van der Waals surface area contributed by atoms with Crippen molar-refractivity contribution in [1.82, 2.24) is 9.78 Å². The zero-order valence-corrected chi connectivity index (χ0v) is 14.0. The van der Waals surface area contributed by atoms with E-state index in [0.717, 1.165) is 18.2 Å². The number of anilines is 1. The number of carbonyl (C=O) groups excluding carboxylic acids is 2. The molecule has 3 aromatic rings. The van der Waals surface area contributed by atoms with E-state index in [9.17, 15) is 22.8 Å². The first kappa shape index (κ1) is 18.2. The van der Waals surface area contributed by atoms with Crippen molar-refractivity contribution >= 4 is 17.5 Å². The van der Waals surface area contributed by atoms with Crippen molar-refractivity contribution in [3.05, 3.63) is 71.2 Å². The molecule has 2 aromatic carbocycles. The van der Waals surface area contributed by atoms with Crippen LogP contribution in [0.5, 0.6) is 0 Å². The third-order valence-electron chi connectivity index (χ3n) is 3.75. The van der Waals surface area contributed by atoms with E-state index in [1.165, 1.54) is 30.1 Å². The van der Waals surface area contributed by atoms with Gasteiger partial charge in [-0.15, -0.1) is 0 Å². The number of rotatable bonds is 4. The quantitative estimate of drug-likeness (QED) is 0.736. The molecule has 6 nitrogen and oxygen atoms in total. The van der Waals surface area contributed by atoms with Gasteiger partial charge in [-0.05, 0) is 30.3 Å². The third-order valence-corrected chi connectivity index (χ3v) is 3.75. The first-order valence-electron chi connectivity index (χ1n) is 7.66. The van der Waals surface area contributed by atoms with Gasteiger partial charge in [0.25, 0.3) is 11.8 Å². The molecule has 0 spiro atoms. The van der Waals surface area contributed by atoms with Crippen LogP contribution in [0.4, 0.5) is 18.9 Å². The van der Waals surface area contributed by atoms with Gasteiger partial charge in [0.2, 0.25) is 0 Å². The summed E-state index contributed by atoms with van der Waals surface area (Å²) in [6.45, 7) is 0. The van der Waals surface area contributed by atoms with Crippen LogP contribution < -0.4 is 11.1 Å². The van der Waals surface area contributed by atoms with E-state index in [0.29, 0.717) is 6.07 Å². The standard InChI is InChI=1S/C18H13F3N4O2/c1-25-8-13(16(24-25)11-4-2-9(19)6-15(11)21)18(27)23-10-3-5-14(20)12(7-10)17(22)26/h2-8H,1H3,(H2,22,26)(H,23,27). The molecular formula is C18H13F3N4O2.